The Morgan fingerprint density at radius 2 is 2.30 bits per heavy atom. The monoisotopic (exact) mass is 164 g/mol. The van der Waals surface area contributed by atoms with Crippen molar-refractivity contribution in [2.75, 3.05) is 0 Å². The minimum Gasteiger partial charge on any atom is -0.481 e. The molecule has 1 aromatic heterocycles. The van der Waals surface area contributed by atoms with Crippen molar-refractivity contribution in [1.29, 1.82) is 0 Å². The molecule has 6 nitrogen and oxygen atoms in total. The molecule has 0 saturated heterocycles. The lowest BCUT2D eigenvalue weighted by Gasteiger charge is -1.59. The topological polar surface area (TPSA) is 91.8 Å². The van der Waals surface area contributed by atoms with Crippen molar-refractivity contribution in [1.82, 2.24) is 20.6 Å². The van der Waals surface area contributed by atoms with Crippen LogP contribution < -0.4 is 0 Å². The molecule has 56 valence electrons. The first-order valence-electron chi connectivity index (χ1n) is 2.21. The summed E-state index contributed by atoms with van der Waals surface area (Å²) in [4.78, 5) is 9.00. The van der Waals surface area contributed by atoms with Gasteiger partial charge in [-0.1, -0.05) is 5.10 Å². The number of H-pyrrole nitrogens is 1. The van der Waals surface area contributed by atoms with Gasteiger partial charge in [-0.3, -0.25) is 4.79 Å². The van der Waals surface area contributed by atoms with Gasteiger partial charge in [-0.2, -0.15) is 0 Å². The van der Waals surface area contributed by atoms with Crippen LogP contribution in [0, 0.1) is 0 Å². The Morgan fingerprint density at radius 3 is 2.40 bits per heavy atom. The highest BCUT2D eigenvalue weighted by molar-refractivity contribution is 6.28. The van der Waals surface area contributed by atoms with E-state index in [9.17, 15) is 0 Å². The second-order valence-electron chi connectivity index (χ2n) is 1.21. The Kier molecular flexibility index (Phi) is 4.14. The van der Waals surface area contributed by atoms with Crippen LogP contribution in [0.15, 0.2) is 0 Å². The largest absolute Gasteiger partial charge is 0.481 e. The van der Waals surface area contributed by atoms with Gasteiger partial charge < -0.3 is 5.11 Å². The number of carboxylic acids is 1. The van der Waals surface area contributed by atoms with Gasteiger partial charge >= 0.3 is 0 Å². The molecular weight excluding hydrogens is 160 g/mol. The molecule has 1 heterocycles. The van der Waals surface area contributed by atoms with Crippen molar-refractivity contribution in [3.05, 3.63) is 5.28 Å². The highest BCUT2D eigenvalue weighted by Crippen LogP contribution is 1.87. The first-order valence-corrected chi connectivity index (χ1v) is 2.59. The molecule has 0 unspecified atom stereocenters. The van der Waals surface area contributed by atoms with Gasteiger partial charge in [-0.15, -0.1) is 0 Å². The van der Waals surface area contributed by atoms with E-state index >= 15 is 0 Å². The zero-order valence-electron chi connectivity index (χ0n) is 5.08. The molecule has 0 aliphatic heterocycles. The summed E-state index contributed by atoms with van der Waals surface area (Å²) in [6.07, 6.45) is 0. The third-order valence-corrected chi connectivity index (χ3v) is 0.480. The van der Waals surface area contributed by atoms with E-state index in [2.05, 4.69) is 20.6 Å². The first kappa shape index (κ1) is 8.83. The third kappa shape index (κ3) is 6.83. The van der Waals surface area contributed by atoms with E-state index < -0.39 is 5.97 Å². The first-order chi connectivity index (χ1) is 4.63. The van der Waals surface area contributed by atoms with Gasteiger partial charge in [0, 0.05) is 6.92 Å². The molecule has 0 aliphatic carbocycles. The van der Waals surface area contributed by atoms with Gasteiger partial charge in [-0.25, -0.2) is 5.10 Å². The number of rotatable bonds is 0. The number of tetrazole rings is 1. The summed E-state index contributed by atoms with van der Waals surface area (Å²) in [6.45, 7) is 1.08. The van der Waals surface area contributed by atoms with Crippen molar-refractivity contribution < 1.29 is 9.90 Å². The number of aliphatic carboxylic acids is 1. The lowest BCUT2D eigenvalue weighted by Crippen LogP contribution is -1.78. The fourth-order valence-corrected chi connectivity index (χ4v) is 0.219. The zero-order valence-corrected chi connectivity index (χ0v) is 5.83. The molecule has 0 saturated carbocycles. The average Bonchev–Trinajstić information content (AvgIpc) is 2.15. The zero-order chi connectivity index (χ0) is 7.98. The lowest BCUT2D eigenvalue weighted by molar-refractivity contribution is -0.134. The van der Waals surface area contributed by atoms with Crippen LogP contribution in [0.25, 0.3) is 0 Å². The van der Waals surface area contributed by atoms with Crippen molar-refractivity contribution in [3.63, 3.8) is 0 Å². The van der Waals surface area contributed by atoms with Crippen molar-refractivity contribution in [2.24, 2.45) is 0 Å². The second-order valence-corrected chi connectivity index (χ2v) is 1.57. The molecule has 0 fully saturated rings. The second kappa shape index (κ2) is 4.68. The molecule has 0 aromatic carbocycles. The minimum atomic E-state index is -0.833. The van der Waals surface area contributed by atoms with Gasteiger partial charge in [-0.05, 0) is 22.0 Å². The maximum absolute atomic E-state index is 9.00. The lowest BCUT2D eigenvalue weighted by atomic mass is 10.9. The molecule has 1 aromatic rings. The summed E-state index contributed by atoms with van der Waals surface area (Å²) in [5.41, 5.74) is 0. The van der Waals surface area contributed by atoms with Crippen LogP contribution in [0.3, 0.4) is 0 Å². The van der Waals surface area contributed by atoms with Gasteiger partial charge in [0.1, 0.15) is 0 Å². The predicted octanol–water partition coefficient (Wildman–Crippen LogP) is -0.0560. The highest BCUT2D eigenvalue weighted by Gasteiger charge is 1.80. The normalized spacial score (nSPS) is 7.80. The Labute approximate surface area is 61.2 Å². The summed E-state index contributed by atoms with van der Waals surface area (Å²) in [6, 6.07) is 0. The Hall–Kier alpha value is -1.17. The molecule has 10 heavy (non-hydrogen) atoms. The van der Waals surface area contributed by atoms with Crippen LogP contribution in [-0.4, -0.2) is 31.7 Å². The maximum Gasteiger partial charge on any atom is 0.300 e. The molecule has 7 heteroatoms. The molecule has 2 N–H and O–H groups in total. The summed E-state index contributed by atoms with van der Waals surface area (Å²) >= 11 is 5.16. The number of nitrogens with zero attached hydrogens (tertiary/aromatic N) is 3. The number of aromatic amines is 1. The van der Waals surface area contributed by atoms with Crippen LogP contribution in [0.1, 0.15) is 6.92 Å². The van der Waals surface area contributed by atoms with Gasteiger partial charge in [0.05, 0.1) is 0 Å². The van der Waals surface area contributed by atoms with Crippen molar-refractivity contribution >= 4 is 17.6 Å². The van der Waals surface area contributed by atoms with E-state index in [-0.39, 0.29) is 5.28 Å². The van der Waals surface area contributed by atoms with Gasteiger partial charge in [0.2, 0.25) is 5.28 Å². The highest BCUT2D eigenvalue weighted by atomic mass is 35.5. The van der Waals surface area contributed by atoms with Crippen LogP contribution in [-0.2, 0) is 4.79 Å². The fourth-order valence-electron chi connectivity index (χ4n) is 0.148. The Balaban J connectivity index is 0.000000180. The van der Waals surface area contributed by atoms with Crippen LogP contribution in [0.2, 0.25) is 5.28 Å². The molecule has 0 bridgehead atoms. The summed E-state index contributed by atoms with van der Waals surface area (Å²) in [5.74, 6) is -0.833. The smallest absolute Gasteiger partial charge is 0.300 e. The van der Waals surface area contributed by atoms with Crippen LogP contribution in [0.5, 0.6) is 0 Å². The fraction of sp³-hybridized carbons (Fsp3) is 0.333. The van der Waals surface area contributed by atoms with E-state index in [1.54, 1.807) is 0 Å². The van der Waals surface area contributed by atoms with Crippen LogP contribution in [0.4, 0.5) is 0 Å². The van der Waals surface area contributed by atoms with E-state index in [0.717, 1.165) is 6.92 Å². The quantitative estimate of drug-likeness (QED) is 0.561. The van der Waals surface area contributed by atoms with Crippen molar-refractivity contribution in [3.8, 4) is 0 Å². The van der Waals surface area contributed by atoms with E-state index in [1.807, 2.05) is 0 Å². The minimum absolute atomic E-state index is 0.218. The number of carbonyl (C=O) groups is 1. The molecule has 0 radical (unpaired) electrons. The van der Waals surface area contributed by atoms with E-state index in [0.29, 0.717) is 0 Å². The number of aromatic nitrogens is 4. The maximum atomic E-state index is 9.00. The molecule has 0 aliphatic rings. The Morgan fingerprint density at radius 1 is 1.80 bits per heavy atom. The number of nitrogens with one attached hydrogen (secondary N) is 1. The summed E-state index contributed by atoms with van der Waals surface area (Å²) < 4.78 is 0. The predicted molar refractivity (Wildman–Crippen MR) is 32.5 cm³/mol. The summed E-state index contributed by atoms with van der Waals surface area (Å²) in [5, 5.41) is 19.5. The van der Waals surface area contributed by atoms with Crippen molar-refractivity contribution in [2.45, 2.75) is 6.92 Å². The molecule has 0 amide bonds. The third-order valence-electron chi connectivity index (χ3n) is 0.319. The average molecular weight is 165 g/mol. The standard InChI is InChI=1S/C2H4O2.CHClN4/c1-2(3)4;2-1-3-5-6-4-1/h1H3,(H,3,4);(H,3,4,5,6). The van der Waals surface area contributed by atoms with E-state index in [1.165, 1.54) is 0 Å². The number of halogens is 1. The molecule has 0 spiro atoms. The molecular formula is C3H5ClN4O2. The molecule has 0 atom stereocenters. The van der Waals surface area contributed by atoms with Crippen LogP contribution >= 0.6 is 11.6 Å². The molecule has 1 rings (SSSR count). The van der Waals surface area contributed by atoms with Gasteiger partial charge in [0.15, 0.2) is 0 Å². The number of hydrogen-bond donors (Lipinski definition) is 2. The van der Waals surface area contributed by atoms with E-state index in [4.69, 9.17) is 21.5 Å². The summed E-state index contributed by atoms with van der Waals surface area (Å²) in [7, 11) is 0. The number of carboxylic acid groups (broad SMARTS) is 1. The SMILES string of the molecule is CC(=O)O.Clc1nnn[nH]1. The Bertz CT molecular complexity index is 182. The number of hydrogen-bond acceptors (Lipinski definition) is 4. The van der Waals surface area contributed by atoms with Gasteiger partial charge in [0.25, 0.3) is 5.97 Å².